The molecule has 0 heterocycles. The van der Waals surface area contributed by atoms with Crippen LogP contribution in [0.25, 0.3) is 0 Å². The molecule has 0 aliphatic rings. The summed E-state index contributed by atoms with van der Waals surface area (Å²) in [4.78, 5) is 0. The Labute approximate surface area is 100 Å². The molecule has 0 saturated heterocycles. The molecular weight excluding hydrogens is 264 g/mol. The fourth-order valence-electron chi connectivity index (χ4n) is 0.938. The van der Waals surface area contributed by atoms with Gasteiger partial charge >= 0.3 is 100 Å². The molecule has 0 unspecified atom stereocenters. The quantitative estimate of drug-likeness (QED) is 0.526. The van der Waals surface area contributed by atoms with Gasteiger partial charge in [-0.1, -0.05) is 0 Å². The standard InChI is InChI=1S/C12H27GeOP/c1-11(2,3)10(14-13(7,8)9)15-12(4,5)6/h1-9H3. The average molecular weight is 291 g/mol. The molecule has 0 radical (unpaired) electrons. The second-order valence-corrected chi connectivity index (χ2v) is 18.3. The van der Waals surface area contributed by atoms with Crippen LogP contribution in [0.1, 0.15) is 41.5 Å². The first kappa shape index (κ1) is 15.7. The average Bonchev–Trinajstić information content (AvgIpc) is 1.75. The van der Waals surface area contributed by atoms with E-state index in [1.807, 2.05) is 0 Å². The van der Waals surface area contributed by atoms with Crippen LogP contribution in [0.4, 0.5) is 0 Å². The topological polar surface area (TPSA) is 9.23 Å². The normalized spacial score (nSPS) is 15.7. The van der Waals surface area contributed by atoms with E-state index in [4.69, 9.17) is 3.76 Å². The maximum atomic E-state index is 6.27. The van der Waals surface area contributed by atoms with Crippen molar-refractivity contribution in [3.63, 3.8) is 0 Å². The van der Waals surface area contributed by atoms with Crippen molar-refractivity contribution >= 4 is 27.3 Å². The molecule has 0 aromatic heterocycles. The van der Waals surface area contributed by atoms with Gasteiger partial charge in [-0.3, -0.25) is 0 Å². The Bertz CT molecular complexity index is 238. The molecule has 0 bridgehead atoms. The molecule has 90 valence electrons. The van der Waals surface area contributed by atoms with Crippen molar-refractivity contribution in [2.75, 3.05) is 0 Å². The van der Waals surface area contributed by atoms with Crippen molar-refractivity contribution in [2.45, 2.75) is 64.0 Å². The van der Waals surface area contributed by atoms with Gasteiger partial charge in [-0.2, -0.15) is 0 Å². The molecule has 0 aliphatic heterocycles. The van der Waals surface area contributed by atoms with Crippen LogP contribution in [0.2, 0.25) is 17.3 Å². The first-order chi connectivity index (χ1) is 6.31. The van der Waals surface area contributed by atoms with Gasteiger partial charge in [0.15, 0.2) is 0 Å². The Kier molecular flexibility index (Phi) is 5.11. The third kappa shape index (κ3) is 8.48. The zero-order valence-electron chi connectivity index (χ0n) is 11.9. The SMILES string of the molecule is CC(C)(C)P=C([O][Ge]([CH3])([CH3])[CH3])C(C)(C)C. The van der Waals surface area contributed by atoms with Crippen molar-refractivity contribution in [1.82, 2.24) is 0 Å². The van der Waals surface area contributed by atoms with Crippen LogP contribution in [-0.2, 0) is 3.76 Å². The molecule has 1 nitrogen and oxygen atoms in total. The summed E-state index contributed by atoms with van der Waals surface area (Å²) >= 11 is -1.96. The number of hydrogen-bond acceptors (Lipinski definition) is 1. The molecule has 0 atom stereocenters. The Hall–Kier alpha value is 0.673. The summed E-state index contributed by atoms with van der Waals surface area (Å²) in [6, 6.07) is 0. The fraction of sp³-hybridized carbons (Fsp3) is 0.917. The third-order valence-electron chi connectivity index (χ3n) is 1.48. The molecule has 0 rings (SSSR count). The first-order valence-electron chi connectivity index (χ1n) is 5.61. The monoisotopic (exact) mass is 292 g/mol. The van der Waals surface area contributed by atoms with Crippen LogP contribution in [0, 0.1) is 5.41 Å². The van der Waals surface area contributed by atoms with E-state index in [9.17, 15) is 0 Å². The minimum atomic E-state index is -1.96. The van der Waals surface area contributed by atoms with Gasteiger partial charge in [0.1, 0.15) is 0 Å². The van der Waals surface area contributed by atoms with Crippen molar-refractivity contribution in [3.05, 3.63) is 0 Å². The molecule has 0 spiro atoms. The van der Waals surface area contributed by atoms with E-state index in [1.54, 1.807) is 0 Å². The van der Waals surface area contributed by atoms with Gasteiger partial charge in [0, 0.05) is 0 Å². The van der Waals surface area contributed by atoms with E-state index in [-0.39, 0.29) is 10.6 Å². The van der Waals surface area contributed by atoms with Gasteiger partial charge in [0.2, 0.25) is 0 Å². The van der Waals surface area contributed by atoms with Crippen molar-refractivity contribution in [1.29, 1.82) is 0 Å². The van der Waals surface area contributed by atoms with E-state index >= 15 is 0 Å². The van der Waals surface area contributed by atoms with Crippen LogP contribution in [0.15, 0.2) is 0 Å². The molecule has 0 aliphatic carbocycles. The predicted molar refractivity (Wildman–Crippen MR) is 75.6 cm³/mol. The van der Waals surface area contributed by atoms with Crippen LogP contribution in [0.5, 0.6) is 0 Å². The molecule has 0 N–H and O–H groups in total. The molecule has 0 amide bonds. The molecule has 3 heteroatoms. The first-order valence-corrected chi connectivity index (χ1v) is 13.7. The molecule has 0 aromatic carbocycles. The van der Waals surface area contributed by atoms with Gasteiger partial charge < -0.3 is 0 Å². The van der Waals surface area contributed by atoms with Crippen LogP contribution < -0.4 is 0 Å². The Morgan fingerprint density at radius 2 is 1.33 bits per heavy atom. The van der Waals surface area contributed by atoms with Crippen molar-refractivity contribution in [2.24, 2.45) is 5.41 Å². The van der Waals surface area contributed by atoms with Gasteiger partial charge in [-0.15, -0.1) is 0 Å². The van der Waals surface area contributed by atoms with E-state index in [0.717, 1.165) is 0 Å². The predicted octanol–water partition coefficient (Wildman–Crippen LogP) is 4.76. The number of rotatable bonds is 2. The van der Waals surface area contributed by atoms with Crippen LogP contribution >= 0.6 is 8.20 Å². The molecule has 0 aromatic rings. The molecule has 15 heavy (non-hydrogen) atoms. The van der Waals surface area contributed by atoms with E-state index in [2.05, 4.69) is 58.8 Å². The number of hydrogen-bond donors (Lipinski definition) is 0. The zero-order valence-corrected chi connectivity index (χ0v) is 14.8. The van der Waals surface area contributed by atoms with Crippen LogP contribution in [-0.4, -0.2) is 24.2 Å². The van der Waals surface area contributed by atoms with Crippen molar-refractivity contribution < 1.29 is 3.76 Å². The molecular formula is C12H27GeOP. The summed E-state index contributed by atoms with van der Waals surface area (Å²) in [6.45, 7) is 13.5. The summed E-state index contributed by atoms with van der Waals surface area (Å²) in [6.07, 6.45) is 0. The fourth-order valence-corrected chi connectivity index (χ4v) is 5.50. The zero-order chi connectivity index (χ0) is 12.5. The van der Waals surface area contributed by atoms with Crippen LogP contribution in [0.3, 0.4) is 0 Å². The molecule has 0 fully saturated rings. The Morgan fingerprint density at radius 1 is 0.933 bits per heavy atom. The van der Waals surface area contributed by atoms with E-state index in [1.165, 1.54) is 13.7 Å². The van der Waals surface area contributed by atoms with Gasteiger partial charge in [-0.05, 0) is 0 Å². The molecule has 0 saturated carbocycles. The second-order valence-electron chi connectivity index (χ2n) is 7.05. The maximum absolute atomic E-state index is 6.27. The third-order valence-corrected chi connectivity index (χ3v) is 5.19. The van der Waals surface area contributed by atoms with Gasteiger partial charge in [0.05, 0.1) is 0 Å². The van der Waals surface area contributed by atoms with Crippen molar-refractivity contribution in [3.8, 4) is 0 Å². The summed E-state index contributed by atoms with van der Waals surface area (Å²) in [7, 11) is 1.34. The second kappa shape index (κ2) is 4.89. The van der Waals surface area contributed by atoms with Gasteiger partial charge in [-0.25, -0.2) is 0 Å². The summed E-state index contributed by atoms with van der Waals surface area (Å²) < 4.78 is 6.27. The van der Waals surface area contributed by atoms with Gasteiger partial charge in [0.25, 0.3) is 0 Å². The minimum absolute atomic E-state index is 0.160. The Balaban J connectivity index is 5.02. The summed E-state index contributed by atoms with van der Waals surface area (Å²) in [5, 5.41) is 0.288. The van der Waals surface area contributed by atoms with E-state index in [0.29, 0.717) is 0 Å². The summed E-state index contributed by atoms with van der Waals surface area (Å²) in [5.74, 6) is 6.89. The van der Waals surface area contributed by atoms with E-state index < -0.39 is 13.6 Å². The Morgan fingerprint density at radius 3 is 1.53 bits per heavy atom. The summed E-state index contributed by atoms with van der Waals surface area (Å²) in [5.41, 5.74) is 1.43.